The lowest BCUT2D eigenvalue weighted by Crippen LogP contribution is -2.42. The number of amides is 1. The molecule has 1 fully saturated rings. The Morgan fingerprint density at radius 2 is 2.04 bits per heavy atom. The molecule has 0 unspecified atom stereocenters. The Hall–Kier alpha value is -2.38. The van der Waals surface area contributed by atoms with Gasteiger partial charge in [0.15, 0.2) is 5.65 Å². The topological polar surface area (TPSA) is 86.8 Å². The average molecular weight is 391 g/mol. The zero-order valence-corrected chi connectivity index (χ0v) is 15.3. The summed E-state index contributed by atoms with van der Waals surface area (Å²) in [6.45, 7) is 1.28. The summed E-state index contributed by atoms with van der Waals surface area (Å²) >= 11 is 12.2. The summed E-state index contributed by atoms with van der Waals surface area (Å²) < 4.78 is 0. The molecule has 26 heavy (non-hydrogen) atoms. The number of aromatic amines is 1. The van der Waals surface area contributed by atoms with Crippen LogP contribution in [0.15, 0.2) is 30.7 Å². The van der Waals surface area contributed by atoms with Gasteiger partial charge in [0.25, 0.3) is 5.91 Å². The highest BCUT2D eigenvalue weighted by molar-refractivity contribution is 6.43. The van der Waals surface area contributed by atoms with Crippen LogP contribution in [0, 0.1) is 0 Å². The van der Waals surface area contributed by atoms with Crippen molar-refractivity contribution in [2.45, 2.75) is 18.9 Å². The van der Waals surface area contributed by atoms with Gasteiger partial charge in [-0.2, -0.15) is 5.10 Å². The fourth-order valence-electron chi connectivity index (χ4n) is 3.14. The molecule has 0 saturated carbocycles. The molecule has 134 valence electrons. The van der Waals surface area contributed by atoms with E-state index in [1.165, 1.54) is 6.33 Å². The van der Waals surface area contributed by atoms with Gasteiger partial charge in [-0.3, -0.25) is 9.89 Å². The van der Waals surface area contributed by atoms with E-state index in [0.29, 0.717) is 34.3 Å². The van der Waals surface area contributed by atoms with Crippen LogP contribution in [0.2, 0.25) is 10.0 Å². The maximum absolute atomic E-state index is 12.7. The first-order chi connectivity index (χ1) is 12.6. The van der Waals surface area contributed by atoms with E-state index in [2.05, 4.69) is 25.5 Å². The standard InChI is InChI=1S/C17H16Cl2N6O/c18-13-3-1-2-11(14(13)19)17(26)25-6-4-10(5-7-25)23-15-12-8-22-24-16(12)21-9-20-15/h1-3,8-10H,4-7H2,(H2,20,21,22,23,24). The molecule has 3 heterocycles. The zero-order chi connectivity index (χ0) is 18.1. The van der Waals surface area contributed by atoms with Crippen LogP contribution >= 0.6 is 23.2 Å². The van der Waals surface area contributed by atoms with E-state index in [4.69, 9.17) is 23.2 Å². The van der Waals surface area contributed by atoms with Crippen molar-refractivity contribution < 1.29 is 4.79 Å². The molecule has 1 aliphatic rings. The minimum Gasteiger partial charge on any atom is -0.366 e. The van der Waals surface area contributed by atoms with E-state index in [1.54, 1.807) is 24.4 Å². The van der Waals surface area contributed by atoms with E-state index in [9.17, 15) is 4.79 Å². The van der Waals surface area contributed by atoms with E-state index in [0.717, 1.165) is 24.0 Å². The summed E-state index contributed by atoms with van der Waals surface area (Å²) in [5.41, 5.74) is 1.15. The predicted molar refractivity (Wildman–Crippen MR) is 101 cm³/mol. The molecule has 3 aromatic rings. The normalized spacial score (nSPS) is 15.4. The highest BCUT2D eigenvalue weighted by Crippen LogP contribution is 2.28. The minimum absolute atomic E-state index is 0.0878. The molecule has 4 rings (SSSR count). The van der Waals surface area contributed by atoms with Gasteiger partial charge in [-0.1, -0.05) is 29.3 Å². The van der Waals surface area contributed by atoms with Crippen LogP contribution in [0.25, 0.3) is 11.0 Å². The Kier molecular flexibility index (Phi) is 4.65. The lowest BCUT2D eigenvalue weighted by molar-refractivity contribution is 0.0718. The number of piperidine rings is 1. The smallest absolute Gasteiger partial charge is 0.255 e. The first-order valence-corrected chi connectivity index (χ1v) is 9.03. The van der Waals surface area contributed by atoms with Gasteiger partial charge < -0.3 is 10.2 Å². The summed E-state index contributed by atoms with van der Waals surface area (Å²) in [6, 6.07) is 5.34. The number of nitrogens with one attached hydrogen (secondary N) is 2. The Morgan fingerprint density at radius 3 is 2.85 bits per heavy atom. The van der Waals surface area contributed by atoms with Crippen LogP contribution in [-0.2, 0) is 0 Å². The molecule has 0 spiro atoms. The average Bonchev–Trinajstić information content (AvgIpc) is 3.14. The molecular weight excluding hydrogens is 375 g/mol. The SMILES string of the molecule is O=C(c1cccc(Cl)c1Cl)N1CCC(Nc2ncnc3[nH]ncc23)CC1. The summed E-state index contributed by atoms with van der Waals surface area (Å²) in [5.74, 6) is 0.668. The van der Waals surface area contributed by atoms with Crippen LogP contribution in [-0.4, -0.2) is 50.1 Å². The fraction of sp³-hybridized carbons (Fsp3) is 0.294. The van der Waals surface area contributed by atoms with Crippen molar-refractivity contribution in [3.63, 3.8) is 0 Å². The molecule has 0 aliphatic carbocycles. The first kappa shape index (κ1) is 17.1. The molecule has 2 N–H and O–H groups in total. The minimum atomic E-state index is -0.0878. The van der Waals surface area contributed by atoms with Gasteiger partial charge in [-0.05, 0) is 25.0 Å². The number of H-pyrrole nitrogens is 1. The van der Waals surface area contributed by atoms with Gasteiger partial charge in [-0.15, -0.1) is 0 Å². The van der Waals surface area contributed by atoms with Crippen molar-refractivity contribution in [2.75, 3.05) is 18.4 Å². The highest BCUT2D eigenvalue weighted by atomic mass is 35.5. The number of hydrogen-bond acceptors (Lipinski definition) is 5. The maximum atomic E-state index is 12.7. The molecule has 2 aromatic heterocycles. The molecule has 9 heteroatoms. The van der Waals surface area contributed by atoms with E-state index in [1.807, 2.05) is 4.90 Å². The lowest BCUT2D eigenvalue weighted by atomic mass is 10.0. The molecular formula is C17H16Cl2N6O. The number of hydrogen-bond donors (Lipinski definition) is 2. The van der Waals surface area contributed by atoms with Crippen molar-refractivity contribution in [1.29, 1.82) is 0 Å². The highest BCUT2D eigenvalue weighted by Gasteiger charge is 2.26. The van der Waals surface area contributed by atoms with Gasteiger partial charge in [0.2, 0.25) is 0 Å². The first-order valence-electron chi connectivity index (χ1n) is 8.27. The summed E-state index contributed by atoms with van der Waals surface area (Å²) in [6.07, 6.45) is 4.83. The van der Waals surface area contributed by atoms with Crippen LogP contribution in [0.5, 0.6) is 0 Å². The molecule has 0 atom stereocenters. The third kappa shape index (κ3) is 3.20. The fourth-order valence-corrected chi connectivity index (χ4v) is 3.52. The van der Waals surface area contributed by atoms with Crippen LogP contribution in [0.4, 0.5) is 5.82 Å². The second kappa shape index (κ2) is 7.09. The monoisotopic (exact) mass is 390 g/mol. The number of likely N-dealkylation sites (tertiary alicyclic amines) is 1. The Labute approximate surface area is 159 Å². The third-order valence-corrected chi connectivity index (χ3v) is 5.37. The number of nitrogens with zero attached hydrogens (tertiary/aromatic N) is 4. The number of carbonyl (C=O) groups excluding carboxylic acids is 1. The number of fused-ring (bicyclic) bond motifs is 1. The number of carbonyl (C=O) groups is 1. The maximum Gasteiger partial charge on any atom is 0.255 e. The molecule has 0 bridgehead atoms. The number of halogens is 2. The van der Waals surface area contributed by atoms with Gasteiger partial charge in [0, 0.05) is 19.1 Å². The second-order valence-corrected chi connectivity index (χ2v) is 6.95. The van der Waals surface area contributed by atoms with Crippen molar-refractivity contribution in [3.8, 4) is 0 Å². The molecule has 1 saturated heterocycles. The molecule has 1 aliphatic heterocycles. The van der Waals surface area contributed by atoms with E-state index >= 15 is 0 Å². The van der Waals surface area contributed by atoms with Gasteiger partial charge in [-0.25, -0.2) is 9.97 Å². The number of rotatable bonds is 3. The number of anilines is 1. The quantitative estimate of drug-likeness (QED) is 0.715. The summed E-state index contributed by atoms with van der Waals surface area (Å²) in [7, 11) is 0. The summed E-state index contributed by atoms with van der Waals surface area (Å²) in [5, 5.41) is 11.8. The zero-order valence-electron chi connectivity index (χ0n) is 13.7. The van der Waals surface area contributed by atoms with Gasteiger partial charge in [0.1, 0.15) is 12.1 Å². The van der Waals surface area contributed by atoms with Gasteiger partial charge in [0.05, 0.1) is 27.2 Å². The van der Waals surface area contributed by atoms with E-state index < -0.39 is 0 Å². The molecule has 1 aromatic carbocycles. The van der Waals surface area contributed by atoms with Crippen molar-refractivity contribution in [2.24, 2.45) is 0 Å². The van der Waals surface area contributed by atoms with Crippen molar-refractivity contribution >= 4 is 46.0 Å². The third-order valence-electron chi connectivity index (χ3n) is 4.55. The van der Waals surface area contributed by atoms with Crippen molar-refractivity contribution in [3.05, 3.63) is 46.3 Å². The van der Waals surface area contributed by atoms with Crippen LogP contribution < -0.4 is 5.32 Å². The largest absolute Gasteiger partial charge is 0.366 e. The Balaban J connectivity index is 1.42. The molecule has 1 amide bonds. The van der Waals surface area contributed by atoms with Crippen LogP contribution in [0.1, 0.15) is 23.2 Å². The van der Waals surface area contributed by atoms with Gasteiger partial charge >= 0.3 is 0 Å². The predicted octanol–water partition coefficient (Wildman–Crippen LogP) is 3.38. The second-order valence-electron chi connectivity index (χ2n) is 6.17. The lowest BCUT2D eigenvalue weighted by Gasteiger charge is -2.33. The Morgan fingerprint density at radius 1 is 1.23 bits per heavy atom. The molecule has 0 radical (unpaired) electrons. The van der Waals surface area contributed by atoms with Crippen LogP contribution in [0.3, 0.4) is 0 Å². The Bertz CT molecular complexity index is 951. The number of benzene rings is 1. The summed E-state index contributed by atoms with van der Waals surface area (Å²) in [4.78, 5) is 23.0. The van der Waals surface area contributed by atoms with Crippen molar-refractivity contribution in [1.82, 2.24) is 25.1 Å². The molecule has 7 nitrogen and oxygen atoms in total. The van der Waals surface area contributed by atoms with E-state index in [-0.39, 0.29) is 11.9 Å². The number of aromatic nitrogens is 4.